The predicted molar refractivity (Wildman–Crippen MR) is 60.4 cm³/mol. The highest BCUT2D eigenvalue weighted by atomic mass is 16.5. The van der Waals surface area contributed by atoms with Gasteiger partial charge in [0.15, 0.2) is 0 Å². The van der Waals surface area contributed by atoms with Crippen molar-refractivity contribution in [3.63, 3.8) is 0 Å². The Morgan fingerprint density at radius 2 is 2.62 bits per heavy atom. The van der Waals surface area contributed by atoms with Gasteiger partial charge >= 0.3 is 0 Å². The van der Waals surface area contributed by atoms with E-state index in [2.05, 4.69) is 17.1 Å². The highest BCUT2D eigenvalue weighted by Crippen LogP contribution is 2.17. The lowest BCUT2D eigenvalue weighted by Crippen LogP contribution is -2.49. The van der Waals surface area contributed by atoms with E-state index < -0.39 is 0 Å². The zero-order valence-corrected chi connectivity index (χ0v) is 8.93. The Morgan fingerprint density at radius 3 is 3.25 bits per heavy atom. The molecule has 2 rings (SSSR count). The summed E-state index contributed by atoms with van der Waals surface area (Å²) in [4.78, 5) is 0. The molecule has 0 amide bonds. The van der Waals surface area contributed by atoms with E-state index in [1.807, 2.05) is 6.08 Å². The molecule has 0 fully saturated rings. The van der Waals surface area contributed by atoms with Crippen LogP contribution in [-0.4, -0.2) is 30.6 Å². The van der Waals surface area contributed by atoms with Gasteiger partial charge in [-0.2, -0.15) is 0 Å². The molecule has 0 bridgehead atoms. The molecule has 1 aliphatic rings. The molecule has 3 N–H and O–H groups in total. The maximum atomic E-state index is 5.97. The maximum absolute atomic E-state index is 5.97. The van der Waals surface area contributed by atoms with Crippen LogP contribution in [0.5, 0.6) is 0 Å². The van der Waals surface area contributed by atoms with Gasteiger partial charge in [0.25, 0.3) is 0 Å². The molecule has 16 heavy (non-hydrogen) atoms. The number of nitrogens with zero attached hydrogens (tertiary/aromatic N) is 1. The van der Waals surface area contributed by atoms with Crippen molar-refractivity contribution >= 4 is 5.57 Å². The summed E-state index contributed by atoms with van der Waals surface area (Å²) in [6, 6.07) is -0.182. The highest BCUT2D eigenvalue weighted by molar-refractivity contribution is 5.67. The third-order valence-electron chi connectivity index (χ3n) is 2.43. The SMILES string of the molecule is C=CCOC1NCC(c2cnoc2)=CC1N. The fourth-order valence-corrected chi connectivity index (χ4v) is 1.63. The number of ether oxygens (including phenoxy) is 1. The number of aromatic nitrogens is 1. The Labute approximate surface area is 93.9 Å². The smallest absolute Gasteiger partial charge is 0.131 e. The standard InChI is InChI=1S/C11H15N3O2/c1-2-3-15-11-10(12)4-8(5-13-11)9-6-14-16-7-9/h2,4,6-7,10-11,13H,1,3,5,12H2. The Kier molecular flexibility index (Phi) is 3.51. The number of rotatable bonds is 4. The van der Waals surface area contributed by atoms with Gasteiger partial charge in [-0.3, -0.25) is 5.32 Å². The summed E-state index contributed by atoms with van der Waals surface area (Å²) in [7, 11) is 0. The fraction of sp³-hybridized carbons (Fsp3) is 0.364. The first-order chi connectivity index (χ1) is 7.81. The molecule has 86 valence electrons. The van der Waals surface area contributed by atoms with Gasteiger partial charge in [-0.15, -0.1) is 6.58 Å². The first-order valence-electron chi connectivity index (χ1n) is 5.13. The summed E-state index contributed by atoms with van der Waals surface area (Å²) in [5.74, 6) is 0. The minimum atomic E-state index is -0.182. The molecular weight excluding hydrogens is 206 g/mol. The van der Waals surface area contributed by atoms with Crippen molar-refractivity contribution < 1.29 is 9.26 Å². The van der Waals surface area contributed by atoms with Gasteiger partial charge in [0.1, 0.15) is 12.5 Å². The van der Waals surface area contributed by atoms with E-state index in [1.54, 1.807) is 18.5 Å². The molecule has 1 aromatic rings. The van der Waals surface area contributed by atoms with E-state index in [-0.39, 0.29) is 12.3 Å². The van der Waals surface area contributed by atoms with Gasteiger partial charge in [0.05, 0.1) is 18.8 Å². The second-order valence-corrected chi connectivity index (χ2v) is 3.61. The van der Waals surface area contributed by atoms with Crippen molar-refractivity contribution in [3.8, 4) is 0 Å². The number of hydrogen-bond donors (Lipinski definition) is 2. The molecule has 2 heterocycles. The largest absolute Gasteiger partial charge is 0.364 e. The van der Waals surface area contributed by atoms with E-state index in [4.69, 9.17) is 15.0 Å². The summed E-state index contributed by atoms with van der Waals surface area (Å²) in [5, 5.41) is 6.87. The molecule has 2 unspecified atom stereocenters. The first kappa shape index (κ1) is 11.1. The Bertz CT molecular complexity index is 373. The maximum Gasteiger partial charge on any atom is 0.131 e. The van der Waals surface area contributed by atoms with Gasteiger partial charge in [0.2, 0.25) is 0 Å². The average molecular weight is 221 g/mol. The molecule has 5 nitrogen and oxygen atoms in total. The van der Waals surface area contributed by atoms with Crippen molar-refractivity contribution in [2.75, 3.05) is 13.2 Å². The lowest BCUT2D eigenvalue weighted by atomic mass is 10.0. The second-order valence-electron chi connectivity index (χ2n) is 3.61. The Hall–Kier alpha value is -1.43. The highest BCUT2D eigenvalue weighted by Gasteiger charge is 2.22. The van der Waals surface area contributed by atoms with Crippen LogP contribution in [0.2, 0.25) is 0 Å². The molecule has 0 aromatic carbocycles. The fourth-order valence-electron chi connectivity index (χ4n) is 1.63. The molecule has 0 saturated carbocycles. The van der Waals surface area contributed by atoms with Crippen LogP contribution >= 0.6 is 0 Å². The molecule has 2 atom stereocenters. The Balaban J connectivity index is 2.03. The third kappa shape index (κ3) is 2.38. The lowest BCUT2D eigenvalue weighted by Gasteiger charge is -2.28. The lowest BCUT2D eigenvalue weighted by molar-refractivity contribution is 0.0402. The minimum Gasteiger partial charge on any atom is -0.364 e. The van der Waals surface area contributed by atoms with Crippen LogP contribution in [0.1, 0.15) is 5.56 Å². The van der Waals surface area contributed by atoms with Gasteiger partial charge < -0.3 is 15.0 Å². The van der Waals surface area contributed by atoms with Crippen LogP contribution in [0.3, 0.4) is 0 Å². The van der Waals surface area contributed by atoms with Crippen molar-refractivity contribution in [1.82, 2.24) is 10.5 Å². The van der Waals surface area contributed by atoms with E-state index in [0.29, 0.717) is 13.2 Å². The van der Waals surface area contributed by atoms with Gasteiger partial charge in [-0.1, -0.05) is 17.3 Å². The van der Waals surface area contributed by atoms with Gasteiger partial charge in [-0.05, 0) is 5.57 Å². The predicted octanol–water partition coefficient (Wildman–Crippen LogP) is 0.517. The summed E-state index contributed by atoms with van der Waals surface area (Å²) >= 11 is 0. The van der Waals surface area contributed by atoms with Crippen molar-refractivity contribution in [1.29, 1.82) is 0 Å². The summed E-state index contributed by atoms with van der Waals surface area (Å²) in [6.07, 6.45) is 6.78. The monoisotopic (exact) mass is 221 g/mol. The van der Waals surface area contributed by atoms with E-state index in [1.165, 1.54) is 0 Å². The van der Waals surface area contributed by atoms with E-state index in [9.17, 15) is 0 Å². The van der Waals surface area contributed by atoms with E-state index >= 15 is 0 Å². The normalized spacial score (nSPS) is 25.2. The summed E-state index contributed by atoms with van der Waals surface area (Å²) in [5.41, 5.74) is 7.99. The van der Waals surface area contributed by atoms with Crippen LogP contribution in [0.15, 0.2) is 35.7 Å². The zero-order valence-electron chi connectivity index (χ0n) is 8.93. The van der Waals surface area contributed by atoms with Gasteiger partial charge in [0, 0.05) is 12.1 Å². The van der Waals surface area contributed by atoms with Crippen molar-refractivity contribution in [2.45, 2.75) is 12.3 Å². The van der Waals surface area contributed by atoms with Gasteiger partial charge in [-0.25, -0.2) is 0 Å². The molecule has 1 aliphatic heterocycles. The molecule has 5 heteroatoms. The molecule has 0 aliphatic carbocycles. The molecular formula is C11H15N3O2. The van der Waals surface area contributed by atoms with Crippen LogP contribution in [0, 0.1) is 0 Å². The molecule has 0 radical (unpaired) electrons. The van der Waals surface area contributed by atoms with Crippen LogP contribution in [-0.2, 0) is 4.74 Å². The minimum absolute atomic E-state index is 0.165. The summed E-state index contributed by atoms with van der Waals surface area (Å²) < 4.78 is 10.3. The first-order valence-corrected chi connectivity index (χ1v) is 5.13. The Morgan fingerprint density at radius 1 is 1.75 bits per heavy atom. The third-order valence-corrected chi connectivity index (χ3v) is 2.43. The molecule has 1 aromatic heterocycles. The molecule has 0 spiro atoms. The summed E-state index contributed by atoms with van der Waals surface area (Å²) in [6.45, 7) is 4.78. The second kappa shape index (κ2) is 5.07. The number of nitrogens with one attached hydrogen (secondary N) is 1. The average Bonchev–Trinajstić information content (AvgIpc) is 2.81. The van der Waals surface area contributed by atoms with Crippen LogP contribution in [0.25, 0.3) is 5.57 Å². The van der Waals surface area contributed by atoms with Crippen molar-refractivity contribution in [2.24, 2.45) is 5.73 Å². The zero-order chi connectivity index (χ0) is 11.4. The number of hydrogen-bond acceptors (Lipinski definition) is 5. The van der Waals surface area contributed by atoms with E-state index in [0.717, 1.165) is 11.1 Å². The van der Waals surface area contributed by atoms with Crippen LogP contribution in [0.4, 0.5) is 0 Å². The van der Waals surface area contributed by atoms with Crippen LogP contribution < -0.4 is 11.1 Å². The van der Waals surface area contributed by atoms with Crippen molar-refractivity contribution in [3.05, 3.63) is 36.8 Å². The topological polar surface area (TPSA) is 73.3 Å². The quantitative estimate of drug-likeness (QED) is 0.725. The number of nitrogens with two attached hydrogens (primary N) is 1. The molecule has 0 saturated heterocycles.